The van der Waals surface area contributed by atoms with Gasteiger partial charge in [0.2, 0.25) is 0 Å². The summed E-state index contributed by atoms with van der Waals surface area (Å²) in [5, 5.41) is 3.50. The van der Waals surface area contributed by atoms with Crippen LogP contribution in [-0.2, 0) is 6.54 Å². The maximum atomic E-state index is 6.39. The molecule has 1 N–H and O–H groups in total. The third kappa shape index (κ3) is 6.06. The fourth-order valence-corrected chi connectivity index (χ4v) is 4.76. The Morgan fingerprint density at radius 1 is 1.16 bits per heavy atom. The van der Waals surface area contributed by atoms with Gasteiger partial charge in [0, 0.05) is 44.3 Å². The van der Waals surface area contributed by atoms with Gasteiger partial charge in [-0.15, -0.1) is 24.0 Å². The first-order valence-corrected chi connectivity index (χ1v) is 11.5. The highest BCUT2D eigenvalue weighted by Crippen LogP contribution is 2.35. The van der Waals surface area contributed by atoms with Gasteiger partial charge in [0.05, 0.1) is 19.8 Å². The maximum absolute atomic E-state index is 6.39. The minimum atomic E-state index is 0. The van der Waals surface area contributed by atoms with Crippen LogP contribution < -0.4 is 14.8 Å². The van der Waals surface area contributed by atoms with E-state index < -0.39 is 0 Å². The van der Waals surface area contributed by atoms with Crippen molar-refractivity contribution in [1.82, 2.24) is 15.1 Å². The van der Waals surface area contributed by atoms with Gasteiger partial charge in [-0.25, -0.2) is 4.99 Å². The molecule has 1 unspecified atom stereocenters. The van der Waals surface area contributed by atoms with Gasteiger partial charge in [-0.2, -0.15) is 0 Å². The molecule has 0 bridgehead atoms. The van der Waals surface area contributed by atoms with E-state index in [1.165, 1.54) is 19.3 Å². The lowest BCUT2D eigenvalue weighted by molar-refractivity contribution is 0.198. The fourth-order valence-electron chi connectivity index (χ4n) is 4.76. The third-order valence-corrected chi connectivity index (χ3v) is 6.43. The Morgan fingerprint density at radius 2 is 1.94 bits per heavy atom. The van der Waals surface area contributed by atoms with Gasteiger partial charge in [-0.3, -0.25) is 4.90 Å². The van der Waals surface area contributed by atoms with Crippen molar-refractivity contribution in [2.45, 2.75) is 57.7 Å². The van der Waals surface area contributed by atoms with Crippen LogP contribution in [0.5, 0.6) is 11.5 Å². The number of ether oxygens (including phenoxy) is 2. The topological polar surface area (TPSA) is 49.3 Å². The van der Waals surface area contributed by atoms with E-state index in [-0.39, 0.29) is 24.0 Å². The Morgan fingerprint density at radius 3 is 2.65 bits per heavy atom. The average molecular weight is 540 g/mol. The Bertz CT molecular complexity index is 756. The molecular formula is C24H37IN4O2. The zero-order valence-corrected chi connectivity index (χ0v) is 21.2. The molecule has 0 aromatic heterocycles. The summed E-state index contributed by atoms with van der Waals surface area (Å²) < 4.78 is 12.0. The number of para-hydroxylation sites is 1. The van der Waals surface area contributed by atoms with Crippen molar-refractivity contribution in [1.29, 1.82) is 0 Å². The van der Waals surface area contributed by atoms with Gasteiger partial charge in [-0.1, -0.05) is 24.3 Å². The monoisotopic (exact) mass is 540 g/mol. The largest absolute Gasteiger partial charge is 0.493 e. The van der Waals surface area contributed by atoms with E-state index in [0.717, 1.165) is 68.6 Å². The molecule has 1 aliphatic carbocycles. The summed E-state index contributed by atoms with van der Waals surface area (Å²) in [4.78, 5) is 9.96. The molecule has 0 spiro atoms. The molecule has 1 saturated heterocycles. The van der Waals surface area contributed by atoms with E-state index in [0.29, 0.717) is 18.7 Å². The minimum absolute atomic E-state index is 0. The number of aliphatic imine (C=N–C) groups is 1. The second-order valence-electron chi connectivity index (χ2n) is 8.46. The summed E-state index contributed by atoms with van der Waals surface area (Å²) in [7, 11) is 1.71. The summed E-state index contributed by atoms with van der Waals surface area (Å²) in [6.07, 6.45) is 10.8. The highest BCUT2D eigenvalue weighted by molar-refractivity contribution is 14.0. The molecule has 6 nitrogen and oxygen atoms in total. The number of hydrogen-bond donors (Lipinski definition) is 1. The quantitative estimate of drug-likeness (QED) is 0.245. The van der Waals surface area contributed by atoms with Crippen molar-refractivity contribution >= 4 is 29.9 Å². The van der Waals surface area contributed by atoms with Crippen LogP contribution >= 0.6 is 24.0 Å². The van der Waals surface area contributed by atoms with Gasteiger partial charge in [0.25, 0.3) is 0 Å². The predicted molar refractivity (Wildman–Crippen MR) is 137 cm³/mol. The van der Waals surface area contributed by atoms with E-state index in [1.807, 2.05) is 12.1 Å². The fraction of sp³-hybridized carbons (Fsp3) is 0.625. The van der Waals surface area contributed by atoms with Gasteiger partial charge in [0.1, 0.15) is 0 Å². The molecule has 2 heterocycles. The number of halogens is 1. The summed E-state index contributed by atoms with van der Waals surface area (Å²) in [5.41, 5.74) is 1.09. The maximum Gasteiger partial charge on any atom is 0.194 e. The molecule has 2 fully saturated rings. The van der Waals surface area contributed by atoms with Crippen LogP contribution in [-0.4, -0.2) is 67.7 Å². The Labute approximate surface area is 204 Å². The molecule has 7 heteroatoms. The zero-order chi connectivity index (χ0) is 20.8. The second kappa shape index (κ2) is 11.9. The SMILES string of the molecule is CCNC(=NCc1cccc(OC)c1OC1CCCC1)N1CCC(N2CC=CC2)C1.I. The molecule has 0 amide bonds. The molecule has 4 rings (SSSR count). The number of nitrogens with one attached hydrogen (secondary N) is 1. The van der Waals surface area contributed by atoms with E-state index in [2.05, 4.69) is 40.3 Å². The van der Waals surface area contributed by atoms with E-state index in [1.54, 1.807) is 7.11 Å². The van der Waals surface area contributed by atoms with Gasteiger partial charge in [0.15, 0.2) is 17.5 Å². The highest BCUT2D eigenvalue weighted by atomic mass is 127. The Kier molecular flexibility index (Phi) is 9.31. The van der Waals surface area contributed by atoms with Crippen molar-refractivity contribution < 1.29 is 9.47 Å². The van der Waals surface area contributed by atoms with Crippen molar-refractivity contribution in [3.8, 4) is 11.5 Å². The number of hydrogen-bond acceptors (Lipinski definition) is 4. The number of benzene rings is 1. The van der Waals surface area contributed by atoms with Crippen LogP contribution in [0.3, 0.4) is 0 Å². The molecule has 172 valence electrons. The van der Waals surface area contributed by atoms with Crippen molar-refractivity contribution in [3.63, 3.8) is 0 Å². The lowest BCUT2D eigenvalue weighted by Crippen LogP contribution is -2.42. The van der Waals surface area contributed by atoms with E-state index >= 15 is 0 Å². The van der Waals surface area contributed by atoms with E-state index in [4.69, 9.17) is 14.5 Å². The molecule has 3 aliphatic rings. The molecule has 2 aliphatic heterocycles. The highest BCUT2D eigenvalue weighted by Gasteiger charge is 2.29. The van der Waals surface area contributed by atoms with Gasteiger partial charge < -0.3 is 19.7 Å². The number of guanidine groups is 1. The van der Waals surface area contributed by atoms with Crippen LogP contribution in [0.25, 0.3) is 0 Å². The van der Waals surface area contributed by atoms with Crippen LogP contribution in [0.4, 0.5) is 0 Å². The number of rotatable bonds is 7. The van der Waals surface area contributed by atoms with Crippen molar-refractivity contribution in [2.75, 3.05) is 39.8 Å². The number of nitrogens with zero attached hydrogens (tertiary/aromatic N) is 3. The first kappa shape index (κ1) is 24.2. The number of methoxy groups -OCH3 is 1. The summed E-state index contributed by atoms with van der Waals surface area (Å²) in [6.45, 7) is 7.85. The molecule has 0 radical (unpaired) electrons. The van der Waals surface area contributed by atoms with Crippen LogP contribution in [0, 0.1) is 0 Å². The van der Waals surface area contributed by atoms with Crippen molar-refractivity contribution in [3.05, 3.63) is 35.9 Å². The third-order valence-electron chi connectivity index (χ3n) is 6.43. The molecule has 31 heavy (non-hydrogen) atoms. The molecule has 1 aromatic carbocycles. The Hall–Kier alpha value is -1.48. The average Bonchev–Trinajstić information content (AvgIpc) is 3.54. The zero-order valence-electron chi connectivity index (χ0n) is 18.9. The first-order chi connectivity index (χ1) is 14.8. The minimum Gasteiger partial charge on any atom is -0.493 e. The Balaban J connectivity index is 0.00000272. The lowest BCUT2D eigenvalue weighted by atomic mass is 10.1. The van der Waals surface area contributed by atoms with Crippen LogP contribution in [0.15, 0.2) is 35.3 Å². The molecular weight excluding hydrogens is 503 g/mol. The summed E-state index contributed by atoms with van der Waals surface area (Å²) in [5.74, 6) is 2.68. The molecule has 1 saturated carbocycles. The molecule has 1 aromatic rings. The summed E-state index contributed by atoms with van der Waals surface area (Å²) >= 11 is 0. The smallest absolute Gasteiger partial charge is 0.194 e. The first-order valence-electron chi connectivity index (χ1n) is 11.5. The lowest BCUT2D eigenvalue weighted by Gasteiger charge is -2.25. The normalized spacial score (nSPS) is 22.1. The standard InChI is InChI=1S/C24H36N4O2.HI/c1-3-25-24(28-16-13-20(18-28)27-14-6-7-15-27)26-17-19-9-8-12-22(29-2)23(19)30-21-10-4-5-11-21;/h6-9,12,20-21H,3-5,10-11,13-18H2,1-2H3,(H,25,26);1H. The van der Waals surface area contributed by atoms with E-state index in [9.17, 15) is 0 Å². The van der Waals surface area contributed by atoms with Gasteiger partial charge in [-0.05, 0) is 45.1 Å². The van der Waals surface area contributed by atoms with Crippen LogP contribution in [0.1, 0.15) is 44.6 Å². The van der Waals surface area contributed by atoms with Crippen LogP contribution in [0.2, 0.25) is 0 Å². The number of likely N-dealkylation sites (tertiary alicyclic amines) is 1. The second-order valence-corrected chi connectivity index (χ2v) is 8.46. The van der Waals surface area contributed by atoms with Gasteiger partial charge >= 0.3 is 0 Å². The van der Waals surface area contributed by atoms with Crippen molar-refractivity contribution in [2.24, 2.45) is 4.99 Å². The summed E-state index contributed by atoms with van der Waals surface area (Å²) in [6, 6.07) is 6.74. The molecule has 1 atom stereocenters. The predicted octanol–water partition coefficient (Wildman–Crippen LogP) is 4.05.